The number of nitrogens with one attached hydrogen (secondary N) is 3. The molecule has 0 saturated carbocycles. The molecule has 2 amide bonds. The van der Waals surface area contributed by atoms with Gasteiger partial charge in [-0.3, -0.25) is 4.79 Å². The highest BCUT2D eigenvalue weighted by molar-refractivity contribution is 7.90. The monoisotopic (exact) mass is 450 g/mol. The van der Waals surface area contributed by atoms with Crippen LogP contribution in [0.1, 0.15) is 16.1 Å². The molecule has 0 aliphatic heterocycles. The second-order valence-corrected chi connectivity index (χ2v) is 8.41. The van der Waals surface area contributed by atoms with E-state index >= 15 is 0 Å². The van der Waals surface area contributed by atoms with Gasteiger partial charge in [-0.1, -0.05) is 17.7 Å². The lowest BCUT2D eigenvalue weighted by molar-refractivity contribution is 0.0686. The molecule has 0 atom stereocenters. The number of benzene rings is 1. The molecule has 2 heterocycles. The normalized spacial score (nSPS) is 11.1. The van der Waals surface area contributed by atoms with Crippen LogP contribution in [0.4, 0.5) is 10.5 Å². The molecule has 13 heteroatoms. The van der Waals surface area contributed by atoms with Gasteiger partial charge >= 0.3 is 12.0 Å². The number of urea groups is 1. The topological polar surface area (TPSA) is 179 Å². The van der Waals surface area contributed by atoms with Gasteiger partial charge in [0, 0.05) is 10.8 Å². The van der Waals surface area contributed by atoms with Crippen LogP contribution >= 0.6 is 11.3 Å². The number of anilines is 1. The number of H-pyrrole nitrogens is 1. The standard InChI is InChI=1S/C17H14N4O7S2/c1-8-2-4-9(5-3-8)30(27,28)21-17(26)18-11-7-29-6-10(11)14-19-12(16(24)25)13(22)15(23)20-14/h2-7,22H,1H3,(H,24,25)(H2,18,21,26)(H,19,20,23). The van der Waals surface area contributed by atoms with Crippen molar-refractivity contribution in [2.24, 2.45) is 0 Å². The zero-order valence-corrected chi connectivity index (χ0v) is 16.8. The summed E-state index contributed by atoms with van der Waals surface area (Å²) in [6.45, 7) is 1.78. The van der Waals surface area contributed by atoms with E-state index in [4.69, 9.17) is 5.11 Å². The summed E-state index contributed by atoms with van der Waals surface area (Å²) in [6, 6.07) is 4.78. The van der Waals surface area contributed by atoms with Crippen molar-refractivity contribution >= 4 is 39.0 Å². The van der Waals surface area contributed by atoms with Gasteiger partial charge in [-0.25, -0.2) is 27.7 Å². The number of carbonyl (C=O) groups is 2. The van der Waals surface area contributed by atoms with Gasteiger partial charge in [0.2, 0.25) is 5.75 Å². The predicted molar refractivity (Wildman–Crippen MR) is 107 cm³/mol. The summed E-state index contributed by atoms with van der Waals surface area (Å²) in [5, 5.41) is 23.8. The number of nitrogens with zero attached hydrogens (tertiary/aromatic N) is 1. The third-order valence-electron chi connectivity index (χ3n) is 3.82. The van der Waals surface area contributed by atoms with Crippen LogP contribution in [0.3, 0.4) is 0 Å². The van der Waals surface area contributed by atoms with Crippen molar-refractivity contribution in [3.05, 3.63) is 56.6 Å². The summed E-state index contributed by atoms with van der Waals surface area (Å²) in [6.07, 6.45) is 0. The Morgan fingerprint density at radius 3 is 2.47 bits per heavy atom. The molecule has 1 aromatic carbocycles. The van der Waals surface area contributed by atoms with Crippen molar-refractivity contribution in [1.29, 1.82) is 0 Å². The van der Waals surface area contributed by atoms with E-state index in [0.717, 1.165) is 16.9 Å². The highest BCUT2D eigenvalue weighted by atomic mass is 32.2. The lowest BCUT2D eigenvalue weighted by Gasteiger charge is -2.10. The maximum Gasteiger partial charge on any atom is 0.358 e. The molecule has 0 unspecified atom stereocenters. The molecule has 5 N–H and O–H groups in total. The van der Waals surface area contributed by atoms with Crippen LogP contribution < -0.4 is 15.6 Å². The van der Waals surface area contributed by atoms with E-state index in [9.17, 15) is 27.9 Å². The van der Waals surface area contributed by atoms with Crippen LogP contribution in [0, 0.1) is 6.92 Å². The third-order valence-corrected chi connectivity index (χ3v) is 5.91. The van der Waals surface area contributed by atoms with Gasteiger partial charge in [0.05, 0.1) is 16.1 Å². The quantitative estimate of drug-likeness (QED) is 0.390. The molecule has 3 aromatic rings. The minimum absolute atomic E-state index is 0.0711. The number of aromatic carboxylic acids is 1. The first-order valence-electron chi connectivity index (χ1n) is 8.12. The van der Waals surface area contributed by atoms with Crippen molar-refractivity contribution in [2.45, 2.75) is 11.8 Å². The van der Waals surface area contributed by atoms with Crippen molar-refractivity contribution in [3.63, 3.8) is 0 Å². The van der Waals surface area contributed by atoms with Gasteiger partial charge in [-0.15, -0.1) is 11.3 Å². The Kier molecular flexibility index (Phi) is 5.58. The molecule has 0 saturated heterocycles. The van der Waals surface area contributed by atoms with Gasteiger partial charge in [0.15, 0.2) is 5.69 Å². The molecule has 156 valence electrons. The Labute approximate surface area is 173 Å². The average molecular weight is 450 g/mol. The molecule has 0 aliphatic carbocycles. The lowest BCUT2D eigenvalue weighted by atomic mass is 10.2. The number of sulfonamides is 1. The van der Waals surface area contributed by atoms with Gasteiger partial charge in [0.25, 0.3) is 15.6 Å². The third kappa shape index (κ3) is 4.31. The summed E-state index contributed by atoms with van der Waals surface area (Å²) in [5.41, 5.74) is -0.903. The number of aryl methyl sites for hydroxylation is 1. The van der Waals surface area contributed by atoms with Crippen LogP contribution in [-0.2, 0) is 10.0 Å². The molecule has 30 heavy (non-hydrogen) atoms. The largest absolute Gasteiger partial charge is 0.501 e. The molecular weight excluding hydrogens is 436 g/mol. The zero-order valence-electron chi connectivity index (χ0n) is 15.2. The second kappa shape index (κ2) is 7.96. The number of rotatable bonds is 5. The minimum atomic E-state index is -4.13. The van der Waals surface area contributed by atoms with E-state index < -0.39 is 39.0 Å². The number of hydrogen-bond acceptors (Lipinski definition) is 8. The number of aromatic amines is 1. The Morgan fingerprint density at radius 1 is 1.17 bits per heavy atom. The number of aromatic nitrogens is 2. The van der Waals surface area contributed by atoms with E-state index in [1.54, 1.807) is 19.1 Å². The molecule has 11 nitrogen and oxygen atoms in total. The predicted octanol–water partition coefficient (Wildman–Crippen LogP) is 1.72. The van der Waals surface area contributed by atoms with E-state index in [2.05, 4.69) is 15.3 Å². The molecule has 0 radical (unpaired) electrons. The van der Waals surface area contributed by atoms with Gasteiger partial charge in [-0.05, 0) is 19.1 Å². The smallest absolute Gasteiger partial charge is 0.358 e. The number of hydrogen-bond donors (Lipinski definition) is 5. The van der Waals surface area contributed by atoms with E-state index in [1.165, 1.54) is 22.9 Å². The summed E-state index contributed by atoms with van der Waals surface area (Å²) in [7, 11) is -4.13. The van der Waals surface area contributed by atoms with Crippen molar-refractivity contribution in [1.82, 2.24) is 14.7 Å². The van der Waals surface area contributed by atoms with Crippen molar-refractivity contribution < 1.29 is 28.2 Å². The first kappa shape index (κ1) is 21.0. The summed E-state index contributed by atoms with van der Waals surface area (Å²) in [5.74, 6) is -2.91. The van der Waals surface area contributed by atoms with Gasteiger partial charge < -0.3 is 20.5 Å². The Bertz CT molecular complexity index is 1290. The highest BCUT2D eigenvalue weighted by Crippen LogP contribution is 2.29. The number of carboxylic acids is 1. The van der Waals surface area contributed by atoms with E-state index in [1.807, 2.05) is 4.72 Å². The number of carboxylic acid groups (broad SMARTS) is 1. The lowest BCUT2D eigenvalue weighted by Crippen LogP contribution is -2.34. The maximum absolute atomic E-state index is 12.3. The molecule has 3 rings (SSSR count). The molecule has 0 aliphatic rings. The summed E-state index contributed by atoms with van der Waals surface area (Å²) >= 11 is 1.08. The Balaban J connectivity index is 1.86. The van der Waals surface area contributed by atoms with Crippen LogP contribution in [0.2, 0.25) is 0 Å². The molecule has 0 spiro atoms. The summed E-state index contributed by atoms with van der Waals surface area (Å²) < 4.78 is 26.5. The maximum atomic E-state index is 12.3. The Morgan fingerprint density at radius 2 is 1.83 bits per heavy atom. The van der Waals surface area contributed by atoms with Gasteiger partial charge in [0.1, 0.15) is 5.82 Å². The number of aromatic hydroxyl groups is 1. The highest BCUT2D eigenvalue weighted by Gasteiger charge is 2.21. The van der Waals surface area contributed by atoms with Crippen LogP contribution in [0.5, 0.6) is 5.75 Å². The molecule has 0 bridgehead atoms. The van der Waals surface area contributed by atoms with Gasteiger partial charge in [-0.2, -0.15) is 0 Å². The first-order valence-corrected chi connectivity index (χ1v) is 10.5. The first-order chi connectivity index (χ1) is 14.1. The van der Waals surface area contributed by atoms with E-state index in [0.29, 0.717) is 0 Å². The van der Waals surface area contributed by atoms with Crippen molar-refractivity contribution in [2.75, 3.05) is 5.32 Å². The summed E-state index contributed by atoms with van der Waals surface area (Å²) in [4.78, 5) is 40.9. The van der Waals surface area contributed by atoms with Crippen LogP contribution in [0.25, 0.3) is 11.4 Å². The number of amides is 2. The fourth-order valence-corrected chi connectivity index (χ4v) is 4.04. The average Bonchev–Trinajstić information content (AvgIpc) is 3.11. The minimum Gasteiger partial charge on any atom is -0.501 e. The fourth-order valence-electron chi connectivity index (χ4n) is 2.37. The zero-order chi connectivity index (χ0) is 22.1. The number of carbonyl (C=O) groups excluding carboxylic acids is 1. The molecular formula is C17H14N4O7S2. The second-order valence-electron chi connectivity index (χ2n) is 5.99. The van der Waals surface area contributed by atoms with Crippen molar-refractivity contribution in [3.8, 4) is 17.1 Å². The fraction of sp³-hybridized carbons (Fsp3) is 0.0588. The van der Waals surface area contributed by atoms with E-state index in [-0.39, 0.29) is 22.0 Å². The molecule has 2 aromatic heterocycles. The Hall–Kier alpha value is -3.71. The van der Waals surface area contributed by atoms with Crippen LogP contribution in [0.15, 0.2) is 44.7 Å². The number of thiophene rings is 1. The van der Waals surface area contributed by atoms with Crippen LogP contribution in [-0.4, -0.2) is 40.6 Å². The SMILES string of the molecule is Cc1ccc(S(=O)(=O)NC(=O)Nc2cscc2-c2nc(C(=O)O)c(O)c(=O)[nH]2)cc1. The molecule has 0 fully saturated rings.